The van der Waals surface area contributed by atoms with Gasteiger partial charge in [0.2, 0.25) is 0 Å². The molecule has 3 rings (SSSR count). The molecule has 1 aromatic heterocycles. The van der Waals surface area contributed by atoms with E-state index in [9.17, 15) is 13.2 Å². The van der Waals surface area contributed by atoms with E-state index in [0.29, 0.717) is 20.4 Å². The molecule has 0 aliphatic heterocycles. The molecule has 0 saturated heterocycles. The zero-order valence-electron chi connectivity index (χ0n) is 13.1. The molecule has 2 aromatic carbocycles. The summed E-state index contributed by atoms with van der Waals surface area (Å²) in [6.07, 6.45) is 0. The number of nitrogens with zero attached hydrogens (tertiary/aromatic N) is 1. The minimum absolute atomic E-state index is 0.0667. The lowest BCUT2D eigenvalue weighted by Crippen LogP contribution is -2.19. The molecule has 0 N–H and O–H groups in total. The van der Waals surface area contributed by atoms with E-state index >= 15 is 0 Å². The highest BCUT2D eigenvalue weighted by molar-refractivity contribution is 9.10. The maximum Gasteiger partial charge on any atom is 0.356 e. The second-order valence-electron chi connectivity index (χ2n) is 5.16. The molecule has 0 bridgehead atoms. The molecule has 0 atom stereocenters. The highest BCUT2D eigenvalue weighted by Crippen LogP contribution is 2.33. The number of ether oxygens (including phenoxy) is 1. The number of benzene rings is 2. The van der Waals surface area contributed by atoms with E-state index in [-0.39, 0.29) is 17.2 Å². The molecule has 0 unspecified atom stereocenters. The Morgan fingerprint density at radius 3 is 2.52 bits per heavy atom. The Morgan fingerprint density at radius 2 is 1.88 bits per heavy atom. The molecule has 5 nitrogen and oxygen atoms in total. The molecule has 1 heterocycles. The van der Waals surface area contributed by atoms with Crippen molar-refractivity contribution in [3.05, 3.63) is 63.7 Å². The van der Waals surface area contributed by atoms with Crippen molar-refractivity contribution in [1.82, 2.24) is 3.97 Å². The van der Waals surface area contributed by atoms with Crippen LogP contribution < -0.4 is 0 Å². The Labute approximate surface area is 158 Å². The van der Waals surface area contributed by atoms with Crippen LogP contribution in [0.1, 0.15) is 17.4 Å². The number of halogens is 2. The van der Waals surface area contributed by atoms with E-state index in [4.69, 9.17) is 16.3 Å². The van der Waals surface area contributed by atoms with Gasteiger partial charge >= 0.3 is 5.97 Å². The minimum Gasteiger partial charge on any atom is -0.461 e. The van der Waals surface area contributed by atoms with Gasteiger partial charge in [0.15, 0.2) is 0 Å². The Morgan fingerprint density at radius 1 is 1.20 bits per heavy atom. The second kappa shape index (κ2) is 6.82. The van der Waals surface area contributed by atoms with Crippen LogP contribution in [0, 0.1) is 0 Å². The van der Waals surface area contributed by atoms with Crippen LogP contribution in [0.5, 0.6) is 0 Å². The predicted octanol–water partition coefficient (Wildman–Crippen LogP) is 4.47. The summed E-state index contributed by atoms with van der Waals surface area (Å²) < 4.78 is 32.9. The first kappa shape index (κ1) is 18.0. The quantitative estimate of drug-likeness (QED) is 0.559. The van der Waals surface area contributed by atoms with Gasteiger partial charge in [-0.3, -0.25) is 0 Å². The SMILES string of the molecule is CCOC(=O)c1cc2cc(Br)c(Cl)cc2n1S(=O)(=O)c1ccccc1. The lowest BCUT2D eigenvalue weighted by Gasteiger charge is -2.11. The normalized spacial score (nSPS) is 11.6. The van der Waals surface area contributed by atoms with Crippen molar-refractivity contribution < 1.29 is 17.9 Å². The van der Waals surface area contributed by atoms with Crippen molar-refractivity contribution in [2.45, 2.75) is 11.8 Å². The number of rotatable bonds is 4. The predicted molar refractivity (Wildman–Crippen MR) is 99.6 cm³/mol. The first-order valence-electron chi connectivity index (χ1n) is 7.34. The third-order valence-electron chi connectivity index (χ3n) is 3.57. The molecule has 0 radical (unpaired) electrons. The van der Waals surface area contributed by atoms with Crippen LogP contribution in [-0.4, -0.2) is 25.0 Å². The first-order valence-corrected chi connectivity index (χ1v) is 9.95. The van der Waals surface area contributed by atoms with Crippen LogP contribution in [0.2, 0.25) is 5.02 Å². The van der Waals surface area contributed by atoms with E-state index in [2.05, 4.69) is 15.9 Å². The number of hydrogen-bond donors (Lipinski definition) is 0. The van der Waals surface area contributed by atoms with E-state index in [0.717, 1.165) is 3.97 Å². The molecule has 0 spiro atoms. The summed E-state index contributed by atoms with van der Waals surface area (Å²) in [6.45, 7) is 1.79. The number of hydrogen-bond acceptors (Lipinski definition) is 4. The standard InChI is InChI=1S/C17H13BrClNO4S/c1-2-24-17(21)16-9-11-8-13(18)14(19)10-15(11)20(16)25(22,23)12-6-4-3-5-7-12/h3-10H,2H2,1H3. The Bertz CT molecular complexity index is 1060. The van der Waals surface area contributed by atoms with Gasteiger partial charge in [0.05, 0.1) is 22.0 Å². The van der Waals surface area contributed by atoms with Crippen molar-refractivity contribution >= 4 is 54.4 Å². The molecule has 0 amide bonds. The van der Waals surface area contributed by atoms with Crippen molar-refractivity contribution in [2.24, 2.45) is 0 Å². The van der Waals surface area contributed by atoms with Gasteiger partial charge in [0.1, 0.15) is 5.69 Å². The Kier molecular flexibility index (Phi) is 4.90. The number of fused-ring (bicyclic) bond motifs is 1. The maximum atomic E-state index is 13.1. The van der Waals surface area contributed by atoms with Crippen LogP contribution in [0.25, 0.3) is 10.9 Å². The van der Waals surface area contributed by atoms with Crippen molar-refractivity contribution in [2.75, 3.05) is 6.61 Å². The summed E-state index contributed by atoms with van der Waals surface area (Å²) in [4.78, 5) is 12.4. The molecule has 0 fully saturated rings. The topological polar surface area (TPSA) is 65.4 Å². The molecular weight excluding hydrogens is 430 g/mol. The Balaban J connectivity index is 2.37. The fourth-order valence-corrected chi connectivity index (χ4v) is 4.52. The molecule has 3 aromatic rings. The second-order valence-corrected chi connectivity index (χ2v) is 8.21. The van der Waals surface area contributed by atoms with Crippen LogP contribution in [0.3, 0.4) is 0 Å². The van der Waals surface area contributed by atoms with Crippen molar-refractivity contribution in [3.8, 4) is 0 Å². The fourth-order valence-electron chi connectivity index (χ4n) is 2.48. The van der Waals surface area contributed by atoms with Gasteiger partial charge in [-0.15, -0.1) is 0 Å². The van der Waals surface area contributed by atoms with Gasteiger partial charge in [0.25, 0.3) is 10.0 Å². The Hall–Kier alpha value is -1.83. The van der Waals surface area contributed by atoms with E-state index in [1.807, 2.05) is 0 Å². The number of carbonyl (C=O) groups is 1. The lowest BCUT2D eigenvalue weighted by molar-refractivity contribution is 0.0518. The molecule has 0 saturated carbocycles. The zero-order valence-corrected chi connectivity index (χ0v) is 16.2. The van der Waals surface area contributed by atoms with E-state index in [1.165, 1.54) is 24.3 Å². The zero-order chi connectivity index (χ0) is 18.2. The smallest absolute Gasteiger partial charge is 0.356 e. The minimum atomic E-state index is -4.00. The third kappa shape index (κ3) is 3.19. The molecule has 0 aliphatic rings. The molecule has 0 aliphatic carbocycles. The van der Waals surface area contributed by atoms with E-state index in [1.54, 1.807) is 31.2 Å². The van der Waals surface area contributed by atoms with Crippen LogP contribution in [0.4, 0.5) is 0 Å². The monoisotopic (exact) mass is 441 g/mol. The van der Waals surface area contributed by atoms with Crippen LogP contribution in [0.15, 0.2) is 57.9 Å². The van der Waals surface area contributed by atoms with Gasteiger partial charge in [0, 0.05) is 9.86 Å². The maximum absolute atomic E-state index is 13.1. The molecule has 130 valence electrons. The van der Waals surface area contributed by atoms with Crippen LogP contribution >= 0.6 is 27.5 Å². The summed E-state index contributed by atoms with van der Waals surface area (Å²) in [5.41, 5.74) is 0.231. The third-order valence-corrected chi connectivity index (χ3v) is 6.50. The molecular formula is C17H13BrClNO4S. The van der Waals surface area contributed by atoms with Crippen molar-refractivity contribution in [3.63, 3.8) is 0 Å². The van der Waals surface area contributed by atoms with Gasteiger partial charge in [-0.2, -0.15) is 0 Å². The van der Waals surface area contributed by atoms with Gasteiger partial charge in [-0.1, -0.05) is 29.8 Å². The number of carbonyl (C=O) groups excluding carboxylic acids is 1. The highest BCUT2D eigenvalue weighted by Gasteiger charge is 2.27. The average molecular weight is 443 g/mol. The summed E-state index contributed by atoms with van der Waals surface area (Å²) in [6, 6.07) is 12.5. The summed E-state index contributed by atoms with van der Waals surface area (Å²) in [7, 11) is -4.00. The first-order chi connectivity index (χ1) is 11.9. The highest BCUT2D eigenvalue weighted by atomic mass is 79.9. The van der Waals surface area contributed by atoms with Crippen molar-refractivity contribution in [1.29, 1.82) is 0 Å². The van der Waals surface area contributed by atoms with Gasteiger partial charge in [-0.05, 0) is 53.2 Å². The number of aromatic nitrogens is 1. The summed E-state index contributed by atoms with van der Waals surface area (Å²) in [5, 5.41) is 0.893. The summed E-state index contributed by atoms with van der Waals surface area (Å²) >= 11 is 9.44. The molecule has 8 heteroatoms. The van der Waals surface area contributed by atoms with E-state index < -0.39 is 16.0 Å². The van der Waals surface area contributed by atoms with Crippen LogP contribution in [-0.2, 0) is 14.8 Å². The number of esters is 1. The average Bonchev–Trinajstić information content (AvgIpc) is 2.95. The largest absolute Gasteiger partial charge is 0.461 e. The van der Waals surface area contributed by atoms with Gasteiger partial charge < -0.3 is 4.74 Å². The lowest BCUT2D eigenvalue weighted by atomic mass is 10.2. The fraction of sp³-hybridized carbons (Fsp3) is 0.118. The molecule has 25 heavy (non-hydrogen) atoms. The van der Waals surface area contributed by atoms with Gasteiger partial charge in [-0.25, -0.2) is 17.2 Å². The summed E-state index contributed by atoms with van der Waals surface area (Å²) in [5.74, 6) is -0.717.